The first-order chi connectivity index (χ1) is 13.3. The summed E-state index contributed by atoms with van der Waals surface area (Å²) in [5.41, 5.74) is -0.225. The molecule has 0 saturated heterocycles. The molecule has 0 unspecified atom stereocenters. The fourth-order valence-electron chi connectivity index (χ4n) is 2.96. The fourth-order valence-corrected chi connectivity index (χ4v) is 2.96. The number of unbranched alkanes of at least 4 members (excludes halogenated alkanes) is 1. The molecule has 1 aromatic heterocycles. The van der Waals surface area contributed by atoms with Gasteiger partial charge in [0.2, 0.25) is 5.88 Å². The third-order valence-electron chi connectivity index (χ3n) is 4.44. The van der Waals surface area contributed by atoms with Gasteiger partial charge in [0, 0.05) is 12.1 Å². The van der Waals surface area contributed by atoms with E-state index in [1.807, 2.05) is 19.9 Å². The number of rotatable bonds is 8. The van der Waals surface area contributed by atoms with Crippen LogP contribution in [0.5, 0.6) is 11.6 Å². The van der Waals surface area contributed by atoms with E-state index in [1.54, 1.807) is 24.3 Å². The maximum Gasteiger partial charge on any atom is 0.271 e. The average Bonchev–Trinajstić information content (AvgIpc) is 2.66. The molecular weight excluding hydrogens is 356 g/mol. The largest absolute Gasteiger partial charge is 0.494 e. The predicted molar refractivity (Wildman–Crippen MR) is 107 cm³/mol. The first-order valence-corrected chi connectivity index (χ1v) is 9.45. The molecular formula is C22H26N2O4. The fraction of sp³-hybridized carbons (Fsp3) is 0.409. The van der Waals surface area contributed by atoms with E-state index in [0.29, 0.717) is 17.9 Å². The molecule has 1 aromatic carbocycles. The second-order valence-electron chi connectivity index (χ2n) is 7.18. The number of nitriles is 1. The van der Waals surface area contributed by atoms with Gasteiger partial charge >= 0.3 is 0 Å². The number of carbonyl (C=O) groups excluding carboxylic acids is 1. The van der Waals surface area contributed by atoms with Crippen molar-refractivity contribution in [1.82, 2.24) is 4.57 Å². The number of nitrogens with zero attached hydrogens (tertiary/aromatic N) is 2. The highest BCUT2D eigenvalue weighted by molar-refractivity contribution is 6.11. The minimum Gasteiger partial charge on any atom is -0.494 e. The van der Waals surface area contributed by atoms with Crippen molar-refractivity contribution in [2.45, 2.75) is 47.1 Å². The van der Waals surface area contributed by atoms with Crippen LogP contribution in [0.3, 0.4) is 0 Å². The average molecular weight is 382 g/mol. The molecule has 0 fully saturated rings. The Balaban J connectivity index is 2.55. The van der Waals surface area contributed by atoms with Gasteiger partial charge in [-0.15, -0.1) is 0 Å². The Kier molecular flexibility index (Phi) is 7.00. The van der Waals surface area contributed by atoms with Gasteiger partial charge in [0.1, 0.15) is 17.4 Å². The van der Waals surface area contributed by atoms with Crippen molar-refractivity contribution in [2.75, 3.05) is 6.61 Å². The number of ketones is 1. The van der Waals surface area contributed by atoms with Crippen LogP contribution in [0.2, 0.25) is 0 Å². The van der Waals surface area contributed by atoms with E-state index in [2.05, 4.69) is 6.92 Å². The summed E-state index contributed by atoms with van der Waals surface area (Å²) >= 11 is 0. The zero-order valence-electron chi connectivity index (χ0n) is 16.8. The molecule has 2 rings (SSSR count). The number of hydrogen-bond donors (Lipinski definition) is 1. The quantitative estimate of drug-likeness (QED) is 0.554. The van der Waals surface area contributed by atoms with Crippen molar-refractivity contribution in [3.63, 3.8) is 0 Å². The molecule has 1 heterocycles. The van der Waals surface area contributed by atoms with Crippen LogP contribution in [0.25, 0.3) is 0 Å². The second-order valence-corrected chi connectivity index (χ2v) is 7.18. The van der Waals surface area contributed by atoms with E-state index in [4.69, 9.17) is 4.74 Å². The topological polar surface area (TPSA) is 92.3 Å². The molecule has 0 spiro atoms. The van der Waals surface area contributed by atoms with Gasteiger partial charge in [0.05, 0.1) is 12.2 Å². The lowest BCUT2D eigenvalue weighted by Crippen LogP contribution is -2.28. The van der Waals surface area contributed by atoms with Crippen LogP contribution in [-0.4, -0.2) is 22.1 Å². The van der Waals surface area contributed by atoms with E-state index in [-0.39, 0.29) is 29.2 Å². The number of ether oxygens (including phenoxy) is 1. The molecule has 0 aliphatic heterocycles. The molecule has 0 amide bonds. The summed E-state index contributed by atoms with van der Waals surface area (Å²) in [5.74, 6) is -0.244. The van der Waals surface area contributed by atoms with E-state index in [0.717, 1.165) is 17.4 Å². The van der Waals surface area contributed by atoms with Gasteiger partial charge in [0.25, 0.3) is 5.56 Å². The Morgan fingerprint density at radius 2 is 2.07 bits per heavy atom. The van der Waals surface area contributed by atoms with Crippen molar-refractivity contribution in [3.8, 4) is 17.7 Å². The van der Waals surface area contributed by atoms with Crippen LogP contribution in [0, 0.1) is 24.2 Å². The summed E-state index contributed by atoms with van der Waals surface area (Å²) in [6.07, 6.45) is 1.91. The lowest BCUT2D eigenvalue weighted by atomic mass is 9.97. The van der Waals surface area contributed by atoms with Crippen LogP contribution in [0.1, 0.15) is 60.7 Å². The summed E-state index contributed by atoms with van der Waals surface area (Å²) in [5, 5.41) is 20.1. The van der Waals surface area contributed by atoms with E-state index in [9.17, 15) is 20.0 Å². The minimum absolute atomic E-state index is 0.0255. The third kappa shape index (κ3) is 4.42. The van der Waals surface area contributed by atoms with E-state index in [1.165, 1.54) is 6.92 Å². The molecule has 0 aliphatic rings. The Hall–Kier alpha value is -3.07. The number of aromatic nitrogens is 1. The zero-order valence-corrected chi connectivity index (χ0v) is 16.8. The molecule has 0 radical (unpaired) electrons. The molecule has 6 heteroatoms. The molecule has 1 N–H and O–H groups in total. The molecule has 6 nitrogen and oxygen atoms in total. The van der Waals surface area contributed by atoms with Crippen molar-refractivity contribution in [3.05, 3.63) is 56.9 Å². The normalized spacial score (nSPS) is 10.7. The zero-order chi connectivity index (χ0) is 20.8. The number of benzene rings is 1. The Bertz CT molecular complexity index is 968. The van der Waals surface area contributed by atoms with Gasteiger partial charge in [-0.3, -0.25) is 14.2 Å². The maximum absolute atomic E-state index is 13.1. The third-order valence-corrected chi connectivity index (χ3v) is 4.44. The van der Waals surface area contributed by atoms with Crippen LogP contribution < -0.4 is 10.3 Å². The van der Waals surface area contributed by atoms with Crippen LogP contribution >= 0.6 is 0 Å². The van der Waals surface area contributed by atoms with Gasteiger partial charge in [-0.2, -0.15) is 5.26 Å². The summed E-state index contributed by atoms with van der Waals surface area (Å²) in [7, 11) is 0. The van der Waals surface area contributed by atoms with Gasteiger partial charge in [0.15, 0.2) is 5.78 Å². The summed E-state index contributed by atoms with van der Waals surface area (Å²) in [6.45, 7) is 8.10. The lowest BCUT2D eigenvalue weighted by Gasteiger charge is -2.17. The first kappa shape index (κ1) is 21.2. The van der Waals surface area contributed by atoms with Crippen LogP contribution in [0.15, 0.2) is 29.1 Å². The predicted octanol–water partition coefficient (Wildman–Crippen LogP) is 3.80. The van der Waals surface area contributed by atoms with E-state index < -0.39 is 17.2 Å². The SMILES string of the molecule is CCCCOc1cccc(C(=O)c2c(C)c(C#N)c(=O)n(CC(C)C)c2O)c1. The second kappa shape index (κ2) is 9.23. The molecule has 0 atom stereocenters. The van der Waals surface area contributed by atoms with Crippen LogP contribution in [-0.2, 0) is 6.54 Å². The molecule has 2 aromatic rings. The highest BCUT2D eigenvalue weighted by atomic mass is 16.5. The van der Waals surface area contributed by atoms with Gasteiger partial charge < -0.3 is 9.84 Å². The number of pyridine rings is 1. The van der Waals surface area contributed by atoms with Crippen molar-refractivity contribution >= 4 is 5.78 Å². The highest BCUT2D eigenvalue weighted by Crippen LogP contribution is 2.27. The van der Waals surface area contributed by atoms with Crippen molar-refractivity contribution < 1.29 is 14.6 Å². The van der Waals surface area contributed by atoms with Gasteiger partial charge in [-0.25, -0.2) is 0 Å². The standard InChI is InChI=1S/C22H26N2O4/c1-5-6-10-28-17-9-7-8-16(11-17)20(25)19-15(4)18(12-23)21(26)24(22(19)27)13-14(2)3/h7-9,11,14,27H,5-6,10,13H2,1-4H3. The summed E-state index contributed by atoms with van der Waals surface area (Å²) in [4.78, 5) is 25.7. The Labute approximate surface area is 165 Å². The smallest absolute Gasteiger partial charge is 0.271 e. The molecule has 0 bridgehead atoms. The van der Waals surface area contributed by atoms with Crippen molar-refractivity contribution in [1.29, 1.82) is 5.26 Å². The lowest BCUT2D eigenvalue weighted by molar-refractivity contribution is 0.103. The van der Waals surface area contributed by atoms with Gasteiger partial charge in [-0.1, -0.05) is 39.3 Å². The molecule has 0 saturated carbocycles. The Morgan fingerprint density at radius 3 is 2.68 bits per heavy atom. The molecule has 28 heavy (non-hydrogen) atoms. The maximum atomic E-state index is 13.1. The van der Waals surface area contributed by atoms with Crippen LogP contribution in [0.4, 0.5) is 0 Å². The van der Waals surface area contributed by atoms with Crippen molar-refractivity contribution in [2.24, 2.45) is 5.92 Å². The minimum atomic E-state index is -0.584. The molecule has 148 valence electrons. The number of carbonyl (C=O) groups is 1. The summed E-state index contributed by atoms with van der Waals surface area (Å²) in [6, 6.07) is 8.58. The molecule has 0 aliphatic carbocycles. The Morgan fingerprint density at radius 1 is 1.36 bits per heavy atom. The number of aromatic hydroxyl groups is 1. The van der Waals surface area contributed by atoms with E-state index >= 15 is 0 Å². The van der Waals surface area contributed by atoms with Gasteiger partial charge in [-0.05, 0) is 37.0 Å². The first-order valence-electron chi connectivity index (χ1n) is 9.45. The highest BCUT2D eigenvalue weighted by Gasteiger charge is 2.25. The summed E-state index contributed by atoms with van der Waals surface area (Å²) < 4.78 is 6.75. The number of hydrogen-bond acceptors (Lipinski definition) is 5. The monoisotopic (exact) mass is 382 g/mol.